The molecule has 1 aliphatic rings. The van der Waals surface area contributed by atoms with Gasteiger partial charge in [0.2, 0.25) is 5.88 Å². The second kappa shape index (κ2) is 11.4. The van der Waals surface area contributed by atoms with E-state index in [9.17, 15) is 22.0 Å². The number of hydrogen-bond donors (Lipinski definition) is 1. The Hall–Kier alpha value is -4.09. The van der Waals surface area contributed by atoms with E-state index in [-0.39, 0.29) is 41.3 Å². The molecule has 2 aromatic heterocycles. The molecule has 0 saturated heterocycles. The molecule has 2 heterocycles. The predicted octanol–water partition coefficient (Wildman–Crippen LogP) is 5.84. The number of alkyl halides is 1. The summed E-state index contributed by atoms with van der Waals surface area (Å²) in [5, 5.41) is 4.74. The molecule has 12 heteroatoms. The number of rotatable bonds is 10. The zero-order chi connectivity index (χ0) is 29.3. The number of fused-ring (bicyclic) bond motifs is 1. The lowest BCUT2D eigenvalue weighted by Crippen LogP contribution is -2.11. The molecule has 5 rings (SSSR count). The zero-order valence-electron chi connectivity index (χ0n) is 21.9. The lowest BCUT2D eigenvalue weighted by atomic mass is 10.0. The van der Waals surface area contributed by atoms with Crippen molar-refractivity contribution in [2.75, 3.05) is 18.2 Å². The molecule has 0 atom stereocenters. The number of pyridine rings is 1. The number of Topliss-reactive ketones (excluding diaryl/α,β-unsaturated/α-hetero) is 1. The Bertz CT molecular complexity index is 1800. The van der Waals surface area contributed by atoms with Crippen LogP contribution in [0.1, 0.15) is 39.0 Å². The number of aryl methyl sites for hydroxylation is 1. The van der Waals surface area contributed by atoms with Crippen molar-refractivity contribution in [2.45, 2.75) is 25.5 Å². The molecule has 0 fully saturated rings. The molecule has 41 heavy (non-hydrogen) atoms. The number of sulfone groups is 1. The maximum Gasteiger partial charge on any atom is 0.219 e. The van der Waals surface area contributed by atoms with Crippen LogP contribution in [-0.2, 0) is 22.0 Å². The highest BCUT2D eigenvalue weighted by Crippen LogP contribution is 2.33. The summed E-state index contributed by atoms with van der Waals surface area (Å²) in [6.45, 7) is 1.06. The van der Waals surface area contributed by atoms with E-state index < -0.39 is 28.1 Å². The summed E-state index contributed by atoms with van der Waals surface area (Å²) in [5.74, 6) is -1.11. The van der Waals surface area contributed by atoms with Crippen LogP contribution < -0.4 is 10.5 Å². The number of ketones is 1. The van der Waals surface area contributed by atoms with E-state index in [1.54, 1.807) is 36.4 Å². The fourth-order valence-corrected chi connectivity index (χ4v) is 6.16. The van der Waals surface area contributed by atoms with Crippen LogP contribution >= 0.6 is 11.6 Å². The van der Waals surface area contributed by atoms with Crippen molar-refractivity contribution in [2.24, 2.45) is 0 Å². The molecule has 0 aliphatic heterocycles. The van der Waals surface area contributed by atoms with E-state index in [1.807, 2.05) is 6.92 Å². The minimum absolute atomic E-state index is 0.0121. The molecule has 8 nitrogen and oxygen atoms in total. The number of hydrogen-bond acceptors (Lipinski definition) is 7. The van der Waals surface area contributed by atoms with Crippen LogP contribution in [0.25, 0.3) is 11.8 Å². The van der Waals surface area contributed by atoms with Crippen molar-refractivity contribution in [3.05, 3.63) is 99.1 Å². The van der Waals surface area contributed by atoms with E-state index >= 15 is 0 Å². The number of carbonyl (C=O) groups excluding carboxylic acids is 1. The minimum Gasteiger partial charge on any atom is -0.437 e. The van der Waals surface area contributed by atoms with Crippen molar-refractivity contribution < 1.29 is 26.7 Å². The van der Waals surface area contributed by atoms with E-state index in [0.29, 0.717) is 39.0 Å². The van der Waals surface area contributed by atoms with Gasteiger partial charge in [0.25, 0.3) is 0 Å². The highest BCUT2D eigenvalue weighted by atomic mass is 35.5. The second-order valence-electron chi connectivity index (χ2n) is 9.65. The fourth-order valence-electron chi connectivity index (χ4n) is 4.59. The van der Waals surface area contributed by atoms with Crippen LogP contribution in [0, 0.1) is 12.7 Å². The van der Waals surface area contributed by atoms with Crippen molar-refractivity contribution in [1.29, 1.82) is 0 Å². The number of aromatic nitrogens is 3. The number of nitrogens with zero attached hydrogens (tertiary/aromatic N) is 3. The van der Waals surface area contributed by atoms with Gasteiger partial charge in [0.1, 0.15) is 17.4 Å². The van der Waals surface area contributed by atoms with Crippen molar-refractivity contribution in [3.63, 3.8) is 0 Å². The van der Waals surface area contributed by atoms with Crippen molar-refractivity contribution in [1.82, 2.24) is 14.8 Å². The molecule has 2 aromatic carbocycles. The normalized spacial score (nSPS) is 12.7. The van der Waals surface area contributed by atoms with E-state index in [2.05, 4.69) is 10.1 Å². The van der Waals surface area contributed by atoms with Gasteiger partial charge >= 0.3 is 0 Å². The first-order valence-electron chi connectivity index (χ1n) is 12.6. The smallest absolute Gasteiger partial charge is 0.219 e. The number of para-hydroxylation sites is 1. The third-order valence-electron chi connectivity index (χ3n) is 6.66. The molecule has 1 aliphatic carbocycles. The van der Waals surface area contributed by atoms with E-state index in [0.717, 1.165) is 5.56 Å². The maximum atomic E-state index is 14.7. The number of halogens is 3. The van der Waals surface area contributed by atoms with Crippen LogP contribution in [0.2, 0.25) is 5.02 Å². The van der Waals surface area contributed by atoms with Crippen LogP contribution in [0.3, 0.4) is 0 Å². The fraction of sp³-hybridized carbons (Fsp3) is 0.207. The first kappa shape index (κ1) is 28.4. The molecule has 0 saturated carbocycles. The monoisotopic (exact) mass is 598 g/mol. The average molecular weight is 599 g/mol. The Morgan fingerprint density at radius 2 is 1.98 bits per heavy atom. The Labute approximate surface area is 240 Å². The average Bonchev–Trinajstić information content (AvgIpc) is 3.51. The Morgan fingerprint density at radius 1 is 1.20 bits per heavy atom. The lowest BCUT2D eigenvalue weighted by molar-refractivity contribution is 0.103. The van der Waals surface area contributed by atoms with Gasteiger partial charge in [0.15, 0.2) is 15.6 Å². The van der Waals surface area contributed by atoms with E-state index in [1.165, 1.54) is 29.2 Å². The number of allylic oxidation sites excluding steroid dienone is 1. The van der Waals surface area contributed by atoms with Crippen molar-refractivity contribution in [3.8, 4) is 17.3 Å². The molecule has 0 amide bonds. The molecule has 0 bridgehead atoms. The highest BCUT2D eigenvalue weighted by Gasteiger charge is 2.26. The van der Waals surface area contributed by atoms with Gasteiger partial charge in [-0.1, -0.05) is 29.8 Å². The number of ether oxygens (including phenoxy) is 1. The number of nitrogens with two attached hydrogens (primary N) is 1. The minimum atomic E-state index is -3.67. The quantitative estimate of drug-likeness (QED) is 0.228. The summed E-state index contributed by atoms with van der Waals surface area (Å²) in [5.41, 5.74) is 9.22. The standard InChI is InChI=1S/C29H25ClF2N4O4S/c1-17-9-27(40-26-6-3-2-5-23(26)30)34-15-25(17)36-29(33)22(14-35-36)28(37)20-10-18-12-21(24(32)13-19(18)11-20)16-41(38,39)8-4-7-31/h2-3,5-6,9,11-15H,4,7-8,10,16,33H2,1H3. The summed E-state index contributed by atoms with van der Waals surface area (Å²) in [7, 11) is -3.67. The van der Waals surface area contributed by atoms with Crippen LogP contribution in [0.5, 0.6) is 11.6 Å². The third-order valence-corrected chi connectivity index (χ3v) is 8.64. The first-order valence-corrected chi connectivity index (χ1v) is 14.8. The molecule has 4 aromatic rings. The van der Waals surface area contributed by atoms with Gasteiger partial charge in [-0.15, -0.1) is 0 Å². The van der Waals surface area contributed by atoms with Crippen molar-refractivity contribution >= 4 is 39.1 Å². The number of nitrogen functional groups attached to an aromatic ring is 1. The SMILES string of the molecule is Cc1cc(Oc2ccccc2Cl)ncc1-n1ncc(C(=O)C2=Cc3cc(F)c(CS(=O)(=O)CCCF)cc3C2)c1N. The van der Waals surface area contributed by atoms with Gasteiger partial charge < -0.3 is 10.5 Å². The van der Waals surface area contributed by atoms with Gasteiger partial charge in [-0.25, -0.2) is 22.5 Å². The Morgan fingerprint density at radius 3 is 2.71 bits per heavy atom. The number of anilines is 1. The summed E-state index contributed by atoms with van der Waals surface area (Å²) in [4.78, 5) is 17.7. The van der Waals surface area contributed by atoms with Gasteiger partial charge in [-0.3, -0.25) is 9.18 Å². The third kappa shape index (κ3) is 6.01. The molecule has 2 N–H and O–H groups in total. The maximum absolute atomic E-state index is 14.7. The Balaban J connectivity index is 1.34. The summed E-state index contributed by atoms with van der Waals surface area (Å²) in [6.07, 6.45) is 4.48. The Kier molecular flexibility index (Phi) is 7.92. The number of benzene rings is 2. The van der Waals surface area contributed by atoms with E-state index in [4.69, 9.17) is 22.1 Å². The highest BCUT2D eigenvalue weighted by molar-refractivity contribution is 7.90. The van der Waals surface area contributed by atoms with Crippen LogP contribution in [-0.4, -0.2) is 41.4 Å². The second-order valence-corrected chi connectivity index (χ2v) is 12.2. The largest absolute Gasteiger partial charge is 0.437 e. The van der Waals surface area contributed by atoms with Gasteiger partial charge in [-0.2, -0.15) is 5.10 Å². The van der Waals surface area contributed by atoms with Crippen LogP contribution in [0.15, 0.2) is 60.4 Å². The molecular weight excluding hydrogens is 574 g/mol. The summed E-state index contributed by atoms with van der Waals surface area (Å²) < 4.78 is 58.7. The van der Waals surface area contributed by atoms with Gasteiger partial charge in [0, 0.05) is 23.6 Å². The topological polar surface area (TPSA) is 117 Å². The predicted molar refractivity (Wildman–Crippen MR) is 153 cm³/mol. The van der Waals surface area contributed by atoms with Crippen LogP contribution in [0.4, 0.5) is 14.6 Å². The molecule has 0 radical (unpaired) electrons. The zero-order valence-corrected chi connectivity index (χ0v) is 23.5. The summed E-state index contributed by atoms with van der Waals surface area (Å²) in [6, 6.07) is 11.4. The van der Waals surface area contributed by atoms with Gasteiger partial charge in [-0.05, 0) is 54.3 Å². The number of carbonyl (C=O) groups is 1. The molecular formula is C29H25ClF2N4O4S. The van der Waals surface area contributed by atoms with Gasteiger partial charge in [0.05, 0.1) is 46.8 Å². The molecule has 0 unspecified atom stereocenters. The molecule has 0 spiro atoms. The molecule has 212 valence electrons. The lowest BCUT2D eigenvalue weighted by Gasteiger charge is -2.11. The summed E-state index contributed by atoms with van der Waals surface area (Å²) >= 11 is 6.16. The first-order chi connectivity index (χ1) is 19.6.